The Morgan fingerprint density at radius 1 is 1.06 bits per heavy atom. The molecule has 3 aromatic rings. The average molecular weight is 438 g/mol. The highest BCUT2D eigenvalue weighted by atomic mass is 19.2. The monoisotopic (exact) mass is 438 g/mol. The number of halogens is 2. The van der Waals surface area contributed by atoms with Gasteiger partial charge in [0.1, 0.15) is 18.0 Å². The third-order valence-electron chi connectivity index (χ3n) is 5.62. The molecule has 2 saturated heterocycles. The zero-order chi connectivity index (χ0) is 22.1. The summed E-state index contributed by atoms with van der Waals surface area (Å²) in [6.07, 6.45) is 1.38. The lowest BCUT2D eigenvalue weighted by Gasteiger charge is -2.42. The van der Waals surface area contributed by atoms with Gasteiger partial charge in [0.2, 0.25) is 5.95 Å². The zero-order valence-electron chi connectivity index (χ0n) is 17.1. The molecule has 0 radical (unpaired) electrons. The minimum atomic E-state index is -0.967. The molecule has 2 fully saturated rings. The molecule has 4 heterocycles. The summed E-state index contributed by atoms with van der Waals surface area (Å²) in [5, 5.41) is 16.7. The van der Waals surface area contributed by atoms with Gasteiger partial charge in [0, 0.05) is 32.2 Å². The van der Waals surface area contributed by atoms with Crippen molar-refractivity contribution >= 4 is 17.6 Å². The average Bonchev–Trinajstić information content (AvgIpc) is 3.23. The number of aromatic nitrogens is 4. The molecule has 0 bridgehead atoms. The molecule has 1 aromatic carbocycles. The van der Waals surface area contributed by atoms with Gasteiger partial charge in [-0.25, -0.2) is 18.4 Å². The Morgan fingerprint density at radius 3 is 2.56 bits per heavy atom. The molecule has 5 rings (SSSR count). The van der Waals surface area contributed by atoms with Gasteiger partial charge in [-0.15, -0.1) is 5.10 Å². The lowest BCUT2D eigenvalue weighted by molar-refractivity contribution is -0.0660. The Hall–Kier alpha value is -3.62. The molecule has 0 atom stereocenters. The Labute approximate surface area is 182 Å². The predicted octanol–water partition coefficient (Wildman–Crippen LogP) is 2.08. The first-order valence-electron chi connectivity index (χ1n) is 10.2. The molecule has 2 aliphatic rings. The second-order valence-electron chi connectivity index (χ2n) is 7.66. The van der Waals surface area contributed by atoms with Crippen LogP contribution in [0.1, 0.15) is 5.56 Å². The van der Waals surface area contributed by atoms with E-state index in [0.29, 0.717) is 28.9 Å². The number of piperazine rings is 1. The SMILES string of the molecule is N#Cc1cc(Nc2ncn(-c3ccc(F)c(F)c3)n2)nc(N2CCN(C3COC3)CC2)c1. The number of ether oxygens (including phenoxy) is 1. The van der Waals surface area contributed by atoms with Crippen molar-refractivity contribution in [2.45, 2.75) is 6.04 Å². The number of benzene rings is 1. The quantitative estimate of drug-likeness (QED) is 0.647. The maximum Gasteiger partial charge on any atom is 0.248 e. The maximum atomic E-state index is 13.5. The van der Waals surface area contributed by atoms with Crippen molar-refractivity contribution in [1.82, 2.24) is 24.6 Å². The Kier molecular flexibility index (Phi) is 5.38. The molecule has 1 N–H and O–H groups in total. The summed E-state index contributed by atoms with van der Waals surface area (Å²) >= 11 is 0. The van der Waals surface area contributed by atoms with E-state index in [-0.39, 0.29) is 5.95 Å². The predicted molar refractivity (Wildman–Crippen MR) is 112 cm³/mol. The van der Waals surface area contributed by atoms with Crippen molar-refractivity contribution in [1.29, 1.82) is 5.26 Å². The lowest BCUT2D eigenvalue weighted by Crippen LogP contribution is -2.56. The third-order valence-corrected chi connectivity index (χ3v) is 5.62. The van der Waals surface area contributed by atoms with Crippen LogP contribution >= 0.6 is 0 Å². The van der Waals surface area contributed by atoms with Crippen molar-refractivity contribution in [2.75, 3.05) is 49.6 Å². The van der Waals surface area contributed by atoms with E-state index in [2.05, 4.69) is 36.3 Å². The van der Waals surface area contributed by atoms with Gasteiger partial charge in [0.05, 0.1) is 36.6 Å². The highest BCUT2D eigenvalue weighted by Gasteiger charge is 2.29. The van der Waals surface area contributed by atoms with Crippen LogP contribution in [-0.2, 0) is 4.74 Å². The van der Waals surface area contributed by atoms with Gasteiger partial charge in [-0.2, -0.15) is 10.2 Å². The van der Waals surface area contributed by atoms with Gasteiger partial charge in [-0.1, -0.05) is 0 Å². The minimum absolute atomic E-state index is 0.220. The van der Waals surface area contributed by atoms with Crippen molar-refractivity contribution in [3.05, 3.63) is 53.9 Å². The molecule has 164 valence electrons. The molecule has 0 amide bonds. The second kappa shape index (κ2) is 8.49. The van der Waals surface area contributed by atoms with Gasteiger partial charge in [-0.3, -0.25) is 4.90 Å². The number of rotatable bonds is 5. The molecule has 0 saturated carbocycles. The highest BCUT2D eigenvalue weighted by molar-refractivity contribution is 5.58. The summed E-state index contributed by atoms with van der Waals surface area (Å²) in [5.41, 5.74) is 0.797. The first kappa shape index (κ1) is 20.3. The normalized spacial score (nSPS) is 17.1. The number of hydrogen-bond acceptors (Lipinski definition) is 8. The van der Waals surface area contributed by atoms with Crippen LogP contribution in [0.2, 0.25) is 0 Å². The number of nitriles is 1. The first-order chi connectivity index (χ1) is 15.6. The van der Waals surface area contributed by atoms with E-state index in [1.165, 1.54) is 17.1 Å². The topological polar surface area (TPSA) is 95.1 Å². The van der Waals surface area contributed by atoms with E-state index in [1.807, 2.05) is 0 Å². The summed E-state index contributed by atoms with van der Waals surface area (Å²) in [5.74, 6) is -0.546. The van der Waals surface area contributed by atoms with Gasteiger partial charge in [-0.05, 0) is 24.3 Å². The van der Waals surface area contributed by atoms with Crippen LogP contribution < -0.4 is 10.2 Å². The number of anilines is 3. The van der Waals surface area contributed by atoms with E-state index >= 15 is 0 Å². The van der Waals surface area contributed by atoms with Gasteiger partial charge in [0.25, 0.3) is 0 Å². The van der Waals surface area contributed by atoms with Crippen molar-refractivity contribution in [3.8, 4) is 11.8 Å². The van der Waals surface area contributed by atoms with Crippen LogP contribution in [0.15, 0.2) is 36.7 Å². The highest BCUT2D eigenvalue weighted by Crippen LogP contribution is 2.23. The van der Waals surface area contributed by atoms with E-state index in [9.17, 15) is 14.0 Å². The summed E-state index contributed by atoms with van der Waals surface area (Å²) in [7, 11) is 0. The lowest BCUT2D eigenvalue weighted by atomic mass is 10.1. The third kappa shape index (κ3) is 4.10. The van der Waals surface area contributed by atoms with Gasteiger partial charge in [0.15, 0.2) is 11.6 Å². The van der Waals surface area contributed by atoms with E-state index in [4.69, 9.17) is 4.74 Å². The fraction of sp³-hybridized carbons (Fsp3) is 0.333. The summed E-state index contributed by atoms with van der Waals surface area (Å²) in [4.78, 5) is 13.4. The van der Waals surface area contributed by atoms with Gasteiger partial charge >= 0.3 is 0 Å². The van der Waals surface area contributed by atoms with Crippen molar-refractivity contribution in [3.63, 3.8) is 0 Å². The molecule has 0 unspecified atom stereocenters. The van der Waals surface area contributed by atoms with E-state index in [1.54, 1.807) is 12.1 Å². The summed E-state index contributed by atoms with van der Waals surface area (Å²) in [6, 6.07) is 9.51. The molecule has 0 aliphatic carbocycles. The van der Waals surface area contributed by atoms with E-state index in [0.717, 1.165) is 51.5 Å². The number of nitrogens with one attached hydrogen (secondary N) is 1. The standard InChI is InChI=1S/C21H20F2N8O/c22-17-2-1-15(9-18(17)23)31-13-25-21(28-31)27-19-7-14(10-24)8-20(26-19)30-5-3-29(4-6-30)16-11-32-12-16/h1-2,7-9,13,16H,3-6,11-12H2,(H,26,27,28). The van der Waals surface area contributed by atoms with Crippen LogP contribution in [0, 0.1) is 23.0 Å². The minimum Gasteiger partial charge on any atom is -0.378 e. The molecule has 2 aliphatic heterocycles. The smallest absolute Gasteiger partial charge is 0.248 e. The second-order valence-corrected chi connectivity index (χ2v) is 7.66. The van der Waals surface area contributed by atoms with Crippen molar-refractivity contribution in [2.24, 2.45) is 0 Å². The maximum absolute atomic E-state index is 13.5. The Bertz CT molecular complexity index is 1160. The summed E-state index contributed by atoms with van der Waals surface area (Å²) in [6.45, 7) is 5.02. The molecular formula is C21H20F2N8O. The van der Waals surface area contributed by atoms with Crippen LogP contribution in [-0.4, -0.2) is 70.1 Å². The molecular weight excluding hydrogens is 418 g/mol. The van der Waals surface area contributed by atoms with Crippen LogP contribution in [0.4, 0.5) is 26.4 Å². The Morgan fingerprint density at radius 2 is 1.88 bits per heavy atom. The molecule has 2 aromatic heterocycles. The molecule has 11 heteroatoms. The zero-order valence-corrected chi connectivity index (χ0v) is 17.1. The van der Waals surface area contributed by atoms with Crippen LogP contribution in [0.25, 0.3) is 5.69 Å². The summed E-state index contributed by atoms with van der Waals surface area (Å²) < 4.78 is 33.3. The number of pyridine rings is 1. The fourth-order valence-corrected chi connectivity index (χ4v) is 3.74. The molecule has 0 spiro atoms. The number of nitrogens with zero attached hydrogens (tertiary/aromatic N) is 7. The van der Waals surface area contributed by atoms with Crippen LogP contribution in [0.5, 0.6) is 0 Å². The molecule has 32 heavy (non-hydrogen) atoms. The number of hydrogen-bond donors (Lipinski definition) is 1. The Balaban J connectivity index is 1.31. The molecule has 9 nitrogen and oxygen atoms in total. The van der Waals surface area contributed by atoms with Crippen molar-refractivity contribution < 1.29 is 13.5 Å². The first-order valence-corrected chi connectivity index (χ1v) is 10.2. The van der Waals surface area contributed by atoms with Crippen LogP contribution in [0.3, 0.4) is 0 Å². The van der Waals surface area contributed by atoms with Gasteiger partial charge < -0.3 is 15.0 Å². The fourth-order valence-electron chi connectivity index (χ4n) is 3.74. The largest absolute Gasteiger partial charge is 0.378 e. The van der Waals surface area contributed by atoms with E-state index < -0.39 is 11.6 Å².